The summed E-state index contributed by atoms with van der Waals surface area (Å²) in [5.41, 5.74) is 12.9. The maximum Gasteiger partial charge on any atom is -1.00 e. The third-order valence-corrected chi connectivity index (χ3v) is 12.5. The first kappa shape index (κ1) is 47.5. The fraction of sp³-hybridized carbons (Fsp3) is 0.345. The molecule has 0 aliphatic heterocycles. The van der Waals surface area contributed by atoms with Crippen LogP contribution in [0.1, 0.15) is 117 Å². The Bertz CT molecular complexity index is 2230. The third kappa shape index (κ3) is 11.3. The van der Waals surface area contributed by atoms with E-state index in [0.29, 0.717) is 11.3 Å². The van der Waals surface area contributed by atoms with Crippen molar-refractivity contribution in [3.8, 4) is 22.3 Å². The van der Waals surface area contributed by atoms with Crippen LogP contribution in [-0.4, -0.2) is 3.21 Å². The molecule has 1 fully saturated rings. The molecule has 0 amide bonds. The summed E-state index contributed by atoms with van der Waals surface area (Å²) in [4.78, 5) is 0. The van der Waals surface area contributed by atoms with E-state index in [1.807, 2.05) is 0 Å². The summed E-state index contributed by atoms with van der Waals surface area (Å²) in [6, 6.07) is 42.4. The van der Waals surface area contributed by atoms with E-state index in [4.69, 9.17) is 0 Å². The fourth-order valence-electron chi connectivity index (χ4n) is 8.45. The Morgan fingerprint density at radius 3 is 1.50 bits per heavy atom. The molecule has 8 rings (SSSR count). The monoisotopic (exact) mass is 882 g/mol. The van der Waals surface area contributed by atoms with Crippen molar-refractivity contribution in [3.63, 3.8) is 0 Å². The van der Waals surface area contributed by atoms with Crippen LogP contribution >= 0.6 is 0 Å². The van der Waals surface area contributed by atoms with Gasteiger partial charge in [0.2, 0.25) is 0 Å². The zero-order valence-electron chi connectivity index (χ0n) is 36.5. The number of fused-ring (bicyclic) bond motifs is 3. The standard InChI is InChI=1S/C33H33.C13H19.C9H10.2ClH.Zr/c1-32(2,3)30-20-26-24(18-28(30)22-13-9-7-10-14-22)17-25-19-29(23-15-11-8-12-16-23)31(21-27(25)26)33(4,5)6;1-11-6-7-12(10-11)13(2)8-4-3-5-9-13;1-3-9-6-4-8(2)5-7-9;;;/h7-21H,1-6H3;7,10-11H,3-5,8-9H2,1-2H3;4-7H,1-2H3;2*1H;/q2*-1;;;;+2/p-2. The Balaban J connectivity index is 0.000000244. The molecule has 6 aromatic carbocycles. The van der Waals surface area contributed by atoms with Crippen LogP contribution in [0.25, 0.3) is 43.8 Å². The number of benzene rings is 5. The van der Waals surface area contributed by atoms with Crippen molar-refractivity contribution in [1.82, 2.24) is 0 Å². The second-order valence-corrected chi connectivity index (χ2v) is 20.5. The number of halogens is 2. The summed E-state index contributed by atoms with van der Waals surface area (Å²) >= 11 is 1.51. The Morgan fingerprint density at radius 2 is 1.12 bits per heavy atom. The Hall–Kier alpha value is -3.22. The van der Waals surface area contributed by atoms with Gasteiger partial charge in [-0.2, -0.15) is 11.6 Å². The summed E-state index contributed by atoms with van der Waals surface area (Å²) in [6.07, 6.45) is 15.0. The van der Waals surface area contributed by atoms with Crippen LogP contribution in [0.2, 0.25) is 0 Å². The van der Waals surface area contributed by atoms with E-state index < -0.39 is 0 Å². The van der Waals surface area contributed by atoms with Gasteiger partial charge < -0.3 is 24.8 Å². The van der Waals surface area contributed by atoms with E-state index >= 15 is 0 Å². The van der Waals surface area contributed by atoms with E-state index in [-0.39, 0.29) is 35.6 Å². The van der Waals surface area contributed by atoms with Crippen LogP contribution < -0.4 is 24.8 Å². The van der Waals surface area contributed by atoms with E-state index in [0.717, 1.165) is 0 Å². The molecule has 0 nitrogen and oxygen atoms in total. The molecule has 302 valence electrons. The first-order valence-corrected chi connectivity index (χ1v) is 22.0. The largest absolute Gasteiger partial charge is 1.00 e. The molecule has 0 bridgehead atoms. The zero-order valence-corrected chi connectivity index (χ0v) is 40.5. The minimum absolute atomic E-state index is 0. The van der Waals surface area contributed by atoms with Crippen LogP contribution in [-0.2, 0) is 35.1 Å². The van der Waals surface area contributed by atoms with Gasteiger partial charge in [0.05, 0.1) is 0 Å². The SMILES string of the molecule is CC(C)(C)c1cc2c(cc1-c1ccccc1)[cH-]c1cc(-c3ccccc3)c(C(C)(C)C)cc12.CC1[C-]=CC(C2(C)CCCCC2)=C1.C[C](=[Zr+2])c1ccc(C)cc1.[Cl-].[Cl-]. The predicted molar refractivity (Wildman–Crippen MR) is 243 cm³/mol. The first-order chi connectivity index (χ1) is 26.5. The average Bonchev–Trinajstić information content (AvgIpc) is 3.78. The summed E-state index contributed by atoms with van der Waals surface area (Å²) in [5, 5.41) is 5.36. The maximum atomic E-state index is 3.37. The minimum atomic E-state index is 0. The van der Waals surface area contributed by atoms with Crippen LogP contribution in [0, 0.1) is 24.3 Å². The average molecular weight is 885 g/mol. The molecule has 0 radical (unpaired) electrons. The molecule has 6 aromatic rings. The van der Waals surface area contributed by atoms with Crippen molar-refractivity contribution in [3.05, 3.63) is 161 Å². The summed E-state index contributed by atoms with van der Waals surface area (Å²) < 4.78 is 1.46. The van der Waals surface area contributed by atoms with Crippen molar-refractivity contribution in [2.24, 2.45) is 11.3 Å². The van der Waals surface area contributed by atoms with Gasteiger partial charge in [-0.3, -0.25) is 6.08 Å². The van der Waals surface area contributed by atoms with Gasteiger partial charge in [-0.1, -0.05) is 172 Å². The second kappa shape index (κ2) is 19.9. The summed E-state index contributed by atoms with van der Waals surface area (Å²) in [5.74, 6) is 0.550. The molecular formula is C55H62Cl2Zr-2. The molecule has 0 N–H and O–H groups in total. The van der Waals surface area contributed by atoms with Crippen molar-refractivity contribution < 1.29 is 49.0 Å². The molecule has 3 heteroatoms. The van der Waals surface area contributed by atoms with Gasteiger partial charge in [-0.25, -0.2) is 6.08 Å². The topological polar surface area (TPSA) is 0 Å². The normalized spacial score (nSPS) is 15.9. The summed E-state index contributed by atoms with van der Waals surface area (Å²) in [6.45, 7) is 22.8. The third-order valence-electron chi connectivity index (χ3n) is 11.8. The molecule has 0 heterocycles. The molecular weight excluding hydrogens is 823 g/mol. The molecule has 1 saturated carbocycles. The molecule has 0 saturated heterocycles. The van der Waals surface area contributed by atoms with Crippen LogP contribution in [0.15, 0.2) is 133 Å². The van der Waals surface area contributed by atoms with Gasteiger partial charge in [0.25, 0.3) is 0 Å². The molecule has 0 aromatic heterocycles. The smallest absolute Gasteiger partial charge is 1.00 e. The van der Waals surface area contributed by atoms with E-state index in [2.05, 4.69) is 203 Å². The Morgan fingerprint density at radius 1 is 0.672 bits per heavy atom. The molecule has 1 unspecified atom stereocenters. The van der Waals surface area contributed by atoms with Crippen molar-refractivity contribution in [2.75, 3.05) is 0 Å². The van der Waals surface area contributed by atoms with Gasteiger partial charge in [0.15, 0.2) is 0 Å². The van der Waals surface area contributed by atoms with E-state index in [1.165, 1.54) is 126 Å². The molecule has 58 heavy (non-hydrogen) atoms. The van der Waals surface area contributed by atoms with Gasteiger partial charge in [0.1, 0.15) is 0 Å². The van der Waals surface area contributed by atoms with Gasteiger partial charge in [-0.15, -0.1) is 39.7 Å². The Kier molecular flexibility index (Phi) is 16.3. The first-order valence-electron chi connectivity index (χ1n) is 20.8. The minimum Gasteiger partial charge on any atom is -1.00 e. The zero-order chi connectivity index (χ0) is 40.3. The second-order valence-electron chi connectivity index (χ2n) is 18.7. The number of hydrogen-bond acceptors (Lipinski definition) is 0. The van der Waals surface area contributed by atoms with Crippen molar-refractivity contribution in [2.45, 2.75) is 112 Å². The number of allylic oxidation sites excluding steroid dienone is 4. The molecule has 2 aliphatic carbocycles. The van der Waals surface area contributed by atoms with Crippen molar-refractivity contribution in [1.29, 1.82) is 0 Å². The number of rotatable bonds is 4. The van der Waals surface area contributed by atoms with Crippen LogP contribution in [0.3, 0.4) is 0 Å². The number of aryl methyl sites for hydroxylation is 1. The van der Waals surface area contributed by atoms with E-state index in [9.17, 15) is 0 Å². The van der Waals surface area contributed by atoms with Crippen LogP contribution in [0.5, 0.6) is 0 Å². The van der Waals surface area contributed by atoms with Gasteiger partial charge >= 0.3 is 76.7 Å². The van der Waals surface area contributed by atoms with Crippen molar-refractivity contribution >= 4 is 24.8 Å². The molecule has 1 atom stereocenters. The quantitative estimate of drug-likeness (QED) is 0.155. The van der Waals surface area contributed by atoms with Gasteiger partial charge in [0, 0.05) is 0 Å². The number of hydrogen-bond donors (Lipinski definition) is 0. The Labute approximate surface area is 378 Å². The van der Waals surface area contributed by atoms with E-state index in [1.54, 1.807) is 5.57 Å². The maximum absolute atomic E-state index is 3.37. The summed E-state index contributed by atoms with van der Waals surface area (Å²) in [7, 11) is 0. The molecule has 0 spiro atoms. The molecule has 2 aliphatic rings. The van der Waals surface area contributed by atoms with Gasteiger partial charge in [-0.05, 0) is 44.2 Å². The fourth-order valence-corrected chi connectivity index (χ4v) is 8.86. The van der Waals surface area contributed by atoms with Crippen LogP contribution in [0.4, 0.5) is 0 Å². The predicted octanol–water partition coefficient (Wildman–Crippen LogP) is 9.62.